The summed E-state index contributed by atoms with van der Waals surface area (Å²) >= 11 is 0. The highest BCUT2D eigenvalue weighted by Gasteiger charge is 2.24. The van der Waals surface area contributed by atoms with Gasteiger partial charge in [0.15, 0.2) is 5.75 Å². The van der Waals surface area contributed by atoms with Crippen LogP contribution in [-0.4, -0.2) is 55.0 Å². The summed E-state index contributed by atoms with van der Waals surface area (Å²) in [6, 6.07) is 10.9. The number of amides is 1. The molecular weight excluding hydrogens is 443 g/mol. The van der Waals surface area contributed by atoms with E-state index in [1.54, 1.807) is 30.3 Å². The van der Waals surface area contributed by atoms with Crippen LogP contribution in [0.1, 0.15) is 21.5 Å². The van der Waals surface area contributed by atoms with Crippen molar-refractivity contribution in [3.05, 3.63) is 93.9 Å². The van der Waals surface area contributed by atoms with E-state index in [0.717, 1.165) is 5.56 Å². The minimum atomic E-state index is -1.22. The van der Waals surface area contributed by atoms with Crippen LogP contribution in [0.5, 0.6) is 5.75 Å². The number of halogens is 1. The molecular formula is C24H21FN4O5. The van der Waals surface area contributed by atoms with Gasteiger partial charge in [-0.2, -0.15) is 0 Å². The molecule has 1 amide bonds. The Hall–Kier alpha value is -4.15. The SMILES string of the molecule is O=C(NCC(O)CO)c1c(O)c2ncc(Cc3ccc(F)cc3)cc2n(-c2cccnc2)c1=O. The molecule has 0 fully saturated rings. The first-order valence-corrected chi connectivity index (χ1v) is 10.4. The number of hydrogen-bond donors (Lipinski definition) is 4. The molecule has 1 aromatic carbocycles. The van der Waals surface area contributed by atoms with Gasteiger partial charge in [-0.1, -0.05) is 12.1 Å². The summed E-state index contributed by atoms with van der Waals surface area (Å²) in [5.74, 6) is -1.88. The molecule has 1 atom stereocenters. The first-order chi connectivity index (χ1) is 16.4. The van der Waals surface area contributed by atoms with Crippen molar-refractivity contribution in [1.29, 1.82) is 0 Å². The Labute approximate surface area is 192 Å². The molecule has 3 heterocycles. The van der Waals surface area contributed by atoms with Gasteiger partial charge in [-0.15, -0.1) is 0 Å². The molecule has 0 bridgehead atoms. The van der Waals surface area contributed by atoms with Crippen molar-refractivity contribution in [2.24, 2.45) is 0 Å². The van der Waals surface area contributed by atoms with Gasteiger partial charge < -0.3 is 20.6 Å². The molecule has 4 N–H and O–H groups in total. The fraction of sp³-hybridized carbons (Fsp3) is 0.167. The Morgan fingerprint density at radius 1 is 1.15 bits per heavy atom. The van der Waals surface area contributed by atoms with Gasteiger partial charge in [0.1, 0.15) is 16.9 Å². The standard InChI is InChI=1S/C24H21FN4O5/c25-16-5-3-14(4-6-16)8-15-9-19-21(27-10-15)22(32)20(23(33)28-12-18(31)13-30)24(34)29(19)17-2-1-7-26-11-17/h1-7,9-11,18,30-32H,8,12-13H2,(H,28,33). The van der Waals surface area contributed by atoms with E-state index in [1.807, 2.05) is 0 Å². The lowest BCUT2D eigenvalue weighted by atomic mass is 10.0. The molecule has 1 unspecified atom stereocenters. The third-order valence-electron chi connectivity index (χ3n) is 5.20. The number of aromatic nitrogens is 3. The lowest BCUT2D eigenvalue weighted by Gasteiger charge is -2.16. The van der Waals surface area contributed by atoms with Crippen molar-refractivity contribution in [1.82, 2.24) is 19.9 Å². The zero-order chi connectivity index (χ0) is 24.2. The molecule has 0 aliphatic rings. The number of nitrogens with one attached hydrogen (secondary N) is 1. The van der Waals surface area contributed by atoms with Crippen molar-refractivity contribution in [2.45, 2.75) is 12.5 Å². The zero-order valence-electron chi connectivity index (χ0n) is 17.8. The summed E-state index contributed by atoms with van der Waals surface area (Å²) in [4.78, 5) is 34.5. The molecule has 0 aliphatic carbocycles. The molecule has 0 saturated heterocycles. The summed E-state index contributed by atoms with van der Waals surface area (Å²) < 4.78 is 14.5. The molecule has 34 heavy (non-hydrogen) atoms. The quantitative estimate of drug-likeness (QED) is 0.323. The van der Waals surface area contributed by atoms with Gasteiger partial charge in [0.25, 0.3) is 11.5 Å². The maximum Gasteiger partial charge on any atom is 0.272 e. The van der Waals surface area contributed by atoms with Crippen molar-refractivity contribution >= 4 is 16.9 Å². The maximum atomic E-state index is 13.4. The van der Waals surface area contributed by atoms with Gasteiger partial charge >= 0.3 is 0 Å². The first kappa shape index (κ1) is 23.0. The molecule has 0 aliphatic heterocycles. The summed E-state index contributed by atoms with van der Waals surface area (Å²) in [6.07, 6.45) is 3.63. The van der Waals surface area contributed by atoms with E-state index in [-0.39, 0.29) is 23.4 Å². The number of benzene rings is 1. The number of nitrogens with zero attached hydrogens (tertiary/aromatic N) is 3. The summed E-state index contributed by atoms with van der Waals surface area (Å²) in [6.45, 7) is -0.897. The van der Waals surface area contributed by atoms with Crippen LogP contribution in [0, 0.1) is 5.82 Å². The summed E-state index contributed by atoms with van der Waals surface area (Å²) in [5.41, 5.74) is 0.762. The lowest BCUT2D eigenvalue weighted by molar-refractivity contribution is 0.0799. The van der Waals surface area contributed by atoms with Gasteiger partial charge in [0.05, 0.1) is 30.1 Å². The highest BCUT2D eigenvalue weighted by molar-refractivity contribution is 6.01. The van der Waals surface area contributed by atoms with Crippen molar-refractivity contribution < 1.29 is 24.5 Å². The number of hydrogen-bond acceptors (Lipinski definition) is 7. The Kier molecular flexibility index (Phi) is 6.62. The normalized spacial score (nSPS) is 12.0. The zero-order valence-corrected chi connectivity index (χ0v) is 17.8. The van der Waals surface area contributed by atoms with E-state index in [1.165, 1.54) is 35.3 Å². The second kappa shape index (κ2) is 9.77. The monoisotopic (exact) mass is 464 g/mol. The number of carbonyl (C=O) groups excluding carboxylic acids is 1. The Morgan fingerprint density at radius 3 is 2.59 bits per heavy atom. The molecule has 174 valence electrons. The number of carbonyl (C=O) groups is 1. The third kappa shape index (κ3) is 4.63. The van der Waals surface area contributed by atoms with Gasteiger partial charge in [-0.05, 0) is 47.9 Å². The maximum absolute atomic E-state index is 13.4. The molecule has 3 aromatic heterocycles. The molecule has 10 heteroatoms. The number of aliphatic hydroxyl groups is 2. The number of aromatic hydroxyl groups is 1. The van der Waals surface area contributed by atoms with Crippen LogP contribution in [0.2, 0.25) is 0 Å². The summed E-state index contributed by atoms with van der Waals surface area (Å²) in [7, 11) is 0. The fourth-order valence-electron chi connectivity index (χ4n) is 3.53. The largest absolute Gasteiger partial charge is 0.505 e. The number of aliphatic hydroxyl groups excluding tert-OH is 2. The van der Waals surface area contributed by atoms with Crippen LogP contribution in [0.3, 0.4) is 0 Å². The Morgan fingerprint density at radius 2 is 1.91 bits per heavy atom. The fourth-order valence-corrected chi connectivity index (χ4v) is 3.53. The van der Waals surface area contributed by atoms with E-state index < -0.39 is 35.5 Å². The van der Waals surface area contributed by atoms with E-state index in [0.29, 0.717) is 17.7 Å². The van der Waals surface area contributed by atoms with Gasteiger partial charge in [0, 0.05) is 18.9 Å². The minimum absolute atomic E-state index is 0.0131. The molecule has 9 nitrogen and oxygen atoms in total. The molecule has 0 spiro atoms. The van der Waals surface area contributed by atoms with E-state index in [9.17, 15) is 24.2 Å². The van der Waals surface area contributed by atoms with Crippen molar-refractivity contribution in [3.63, 3.8) is 0 Å². The van der Waals surface area contributed by atoms with Crippen LogP contribution < -0.4 is 10.9 Å². The predicted octanol–water partition coefficient (Wildman–Crippen LogP) is 1.30. The van der Waals surface area contributed by atoms with Gasteiger partial charge in [-0.3, -0.25) is 24.1 Å². The van der Waals surface area contributed by atoms with Crippen molar-refractivity contribution in [2.75, 3.05) is 13.2 Å². The number of fused-ring (bicyclic) bond motifs is 1. The van der Waals surface area contributed by atoms with Crippen LogP contribution in [-0.2, 0) is 6.42 Å². The second-order valence-electron chi connectivity index (χ2n) is 7.64. The topological polar surface area (TPSA) is 138 Å². The minimum Gasteiger partial charge on any atom is -0.505 e. The average Bonchev–Trinajstić information content (AvgIpc) is 2.84. The third-order valence-corrected chi connectivity index (χ3v) is 5.20. The van der Waals surface area contributed by atoms with Crippen LogP contribution in [0.15, 0.2) is 65.8 Å². The van der Waals surface area contributed by atoms with Gasteiger partial charge in [-0.25, -0.2) is 4.39 Å². The van der Waals surface area contributed by atoms with Gasteiger partial charge in [0.2, 0.25) is 0 Å². The van der Waals surface area contributed by atoms with Crippen LogP contribution >= 0.6 is 0 Å². The molecule has 4 aromatic rings. The van der Waals surface area contributed by atoms with Crippen molar-refractivity contribution in [3.8, 4) is 11.4 Å². The first-order valence-electron chi connectivity index (χ1n) is 10.4. The number of rotatable bonds is 7. The average molecular weight is 464 g/mol. The highest BCUT2D eigenvalue weighted by Crippen LogP contribution is 2.27. The molecule has 0 saturated carbocycles. The van der Waals surface area contributed by atoms with E-state index in [4.69, 9.17) is 5.11 Å². The summed E-state index contributed by atoms with van der Waals surface area (Å²) in [5, 5.41) is 31.6. The predicted molar refractivity (Wildman–Crippen MR) is 121 cm³/mol. The molecule has 4 rings (SSSR count). The lowest BCUT2D eigenvalue weighted by Crippen LogP contribution is -2.38. The van der Waals surface area contributed by atoms with Crippen LogP contribution in [0.25, 0.3) is 16.7 Å². The Bertz CT molecular complexity index is 1390. The molecule has 0 radical (unpaired) electrons. The second-order valence-corrected chi connectivity index (χ2v) is 7.64. The smallest absolute Gasteiger partial charge is 0.272 e. The van der Waals surface area contributed by atoms with E-state index in [2.05, 4.69) is 15.3 Å². The number of pyridine rings is 3. The van der Waals surface area contributed by atoms with E-state index >= 15 is 0 Å². The Balaban J connectivity index is 1.87. The van der Waals surface area contributed by atoms with Crippen LogP contribution in [0.4, 0.5) is 4.39 Å². The highest BCUT2D eigenvalue weighted by atomic mass is 19.1.